The minimum Gasteiger partial charge on any atom is -0.467 e. The van der Waals surface area contributed by atoms with Gasteiger partial charge < -0.3 is 10.1 Å². The SMILES string of the molecule is COC(=O)[C@H](Cc1ccc(F)c(F)c1)NC(=O)CN1[C@H](C)CCC[C@@H]1C. The van der Waals surface area contributed by atoms with Crippen LogP contribution in [0.1, 0.15) is 38.7 Å². The first-order valence-electron chi connectivity index (χ1n) is 8.88. The summed E-state index contributed by atoms with van der Waals surface area (Å²) in [4.78, 5) is 26.6. The molecule has 2 rings (SSSR count). The van der Waals surface area contributed by atoms with E-state index in [9.17, 15) is 18.4 Å². The second kappa shape index (κ2) is 9.07. The number of esters is 1. The lowest BCUT2D eigenvalue weighted by Crippen LogP contribution is -2.52. The highest BCUT2D eigenvalue weighted by molar-refractivity contribution is 5.85. The Balaban J connectivity index is 2.03. The molecular formula is C19H26F2N2O3. The van der Waals surface area contributed by atoms with Crippen molar-refractivity contribution < 1.29 is 23.1 Å². The number of carbonyl (C=O) groups excluding carboxylic acids is 2. The lowest BCUT2D eigenvalue weighted by atomic mass is 9.97. The number of nitrogens with one attached hydrogen (secondary N) is 1. The van der Waals surface area contributed by atoms with Gasteiger partial charge in [0, 0.05) is 18.5 Å². The van der Waals surface area contributed by atoms with Crippen LogP contribution in [0.15, 0.2) is 18.2 Å². The van der Waals surface area contributed by atoms with E-state index in [4.69, 9.17) is 4.74 Å². The first-order chi connectivity index (χ1) is 12.3. The van der Waals surface area contributed by atoms with Gasteiger partial charge in [0.05, 0.1) is 13.7 Å². The predicted molar refractivity (Wildman–Crippen MR) is 93.5 cm³/mol. The molecule has 1 aliphatic rings. The number of hydrogen-bond acceptors (Lipinski definition) is 4. The van der Waals surface area contributed by atoms with E-state index in [0.717, 1.165) is 31.4 Å². The van der Waals surface area contributed by atoms with Crippen molar-refractivity contribution in [3.63, 3.8) is 0 Å². The van der Waals surface area contributed by atoms with E-state index in [0.29, 0.717) is 17.6 Å². The van der Waals surface area contributed by atoms with Gasteiger partial charge in [-0.3, -0.25) is 9.69 Å². The highest BCUT2D eigenvalue weighted by Gasteiger charge is 2.28. The molecule has 1 N–H and O–H groups in total. The van der Waals surface area contributed by atoms with Crippen molar-refractivity contribution in [3.05, 3.63) is 35.4 Å². The average molecular weight is 368 g/mol. The lowest BCUT2D eigenvalue weighted by Gasteiger charge is -2.38. The number of amides is 1. The summed E-state index contributed by atoms with van der Waals surface area (Å²) in [6.45, 7) is 4.36. The molecule has 0 aromatic heterocycles. The molecular weight excluding hydrogens is 342 g/mol. The zero-order valence-corrected chi connectivity index (χ0v) is 15.4. The molecule has 3 atom stereocenters. The highest BCUT2D eigenvalue weighted by Crippen LogP contribution is 2.21. The maximum absolute atomic E-state index is 13.4. The Hall–Kier alpha value is -2.02. The molecule has 0 radical (unpaired) electrons. The molecule has 0 spiro atoms. The third-order valence-electron chi connectivity index (χ3n) is 4.95. The third kappa shape index (κ3) is 5.24. The Morgan fingerprint density at radius 1 is 1.23 bits per heavy atom. The predicted octanol–water partition coefficient (Wildman–Crippen LogP) is 2.43. The van der Waals surface area contributed by atoms with Crippen LogP contribution in [0.4, 0.5) is 8.78 Å². The van der Waals surface area contributed by atoms with Crippen molar-refractivity contribution in [3.8, 4) is 0 Å². The summed E-state index contributed by atoms with van der Waals surface area (Å²) in [5.74, 6) is -2.86. The van der Waals surface area contributed by atoms with Crippen LogP contribution in [0.25, 0.3) is 0 Å². The second-order valence-corrected chi connectivity index (χ2v) is 6.90. The summed E-state index contributed by atoms with van der Waals surface area (Å²) >= 11 is 0. The number of rotatable bonds is 6. The maximum atomic E-state index is 13.4. The number of benzene rings is 1. The van der Waals surface area contributed by atoms with Crippen LogP contribution in [0.3, 0.4) is 0 Å². The Bertz CT molecular complexity index is 644. The number of methoxy groups -OCH3 is 1. The number of piperidine rings is 1. The Labute approximate surface area is 152 Å². The molecule has 0 saturated carbocycles. The van der Waals surface area contributed by atoms with Crippen molar-refractivity contribution >= 4 is 11.9 Å². The topological polar surface area (TPSA) is 58.6 Å². The summed E-state index contributed by atoms with van der Waals surface area (Å²) in [6.07, 6.45) is 3.24. The van der Waals surface area contributed by atoms with Gasteiger partial charge in [0.25, 0.3) is 0 Å². The Morgan fingerprint density at radius 2 is 1.88 bits per heavy atom. The van der Waals surface area contributed by atoms with Gasteiger partial charge in [0.2, 0.25) is 5.91 Å². The zero-order chi connectivity index (χ0) is 19.3. The maximum Gasteiger partial charge on any atom is 0.328 e. The fraction of sp³-hybridized carbons (Fsp3) is 0.579. The number of halogens is 2. The standard InChI is InChI=1S/C19H26F2N2O3/c1-12-5-4-6-13(2)23(12)11-18(24)22-17(19(25)26-3)10-14-7-8-15(20)16(21)9-14/h7-9,12-13,17H,4-6,10-11H2,1-3H3,(H,22,24)/t12-,13+,17-/m0/s1. The molecule has 1 saturated heterocycles. The van der Waals surface area contributed by atoms with Gasteiger partial charge in [0.15, 0.2) is 11.6 Å². The number of hydrogen-bond donors (Lipinski definition) is 1. The summed E-state index contributed by atoms with van der Waals surface area (Å²) in [5, 5.41) is 2.67. The van der Waals surface area contributed by atoms with E-state index < -0.39 is 23.6 Å². The minimum absolute atomic E-state index is 0.0285. The van der Waals surface area contributed by atoms with Crippen LogP contribution in [0, 0.1) is 11.6 Å². The van der Waals surface area contributed by atoms with Gasteiger partial charge in [-0.2, -0.15) is 0 Å². The molecule has 1 fully saturated rings. The monoisotopic (exact) mass is 368 g/mol. The molecule has 0 aliphatic carbocycles. The smallest absolute Gasteiger partial charge is 0.328 e. The van der Waals surface area contributed by atoms with E-state index in [-0.39, 0.29) is 18.9 Å². The normalized spacial score (nSPS) is 21.9. The largest absolute Gasteiger partial charge is 0.467 e. The Morgan fingerprint density at radius 3 is 2.46 bits per heavy atom. The zero-order valence-electron chi connectivity index (χ0n) is 15.4. The minimum atomic E-state index is -0.992. The number of ether oxygens (including phenoxy) is 1. The quantitative estimate of drug-likeness (QED) is 0.784. The molecule has 1 aliphatic heterocycles. The van der Waals surface area contributed by atoms with Gasteiger partial charge >= 0.3 is 5.97 Å². The summed E-state index contributed by atoms with van der Waals surface area (Å²) in [7, 11) is 1.22. The molecule has 5 nitrogen and oxygen atoms in total. The fourth-order valence-electron chi connectivity index (χ4n) is 3.43. The van der Waals surface area contributed by atoms with Crippen LogP contribution >= 0.6 is 0 Å². The average Bonchev–Trinajstić information content (AvgIpc) is 2.60. The van der Waals surface area contributed by atoms with Crippen LogP contribution in [0.2, 0.25) is 0 Å². The summed E-state index contributed by atoms with van der Waals surface area (Å²) in [5.41, 5.74) is 0.402. The lowest BCUT2D eigenvalue weighted by molar-refractivity contribution is -0.145. The third-order valence-corrected chi connectivity index (χ3v) is 4.95. The van der Waals surface area contributed by atoms with E-state index in [2.05, 4.69) is 24.1 Å². The molecule has 0 bridgehead atoms. The molecule has 1 aromatic carbocycles. The van der Waals surface area contributed by atoms with Crippen LogP contribution in [-0.4, -0.2) is 48.6 Å². The molecule has 1 aromatic rings. The van der Waals surface area contributed by atoms with Gasteiger partial charge in [0.1, 0.15) is 6.04 Å². The first-order valence-corrected chi connectivity index (χ1v) is 8.88. The first kappa shape index (κ1) is 20.3. The van der Waals surface area contributed by atoms with Crippen molar-refractivity contribution in [2.75, 3.05) is 13.7 Å². The number of carbonyl (C=O) groups is 2. The Kier molecular flexibility index (Phi) is 7.08. The van der Waals surface area contributed by atoms with Gasteiger partial charge in [-0.15, -0.1) is 0 Å². The molecule has 0 unspecified atom stereocenters. The molecule has 1 heterocycles. The van der Waals surface area contributed by atoms with Gasteiger partial charge in [-0.05, 0) is 44.4 Å². The van der Waals surface area contributed by atoms with E-state index >= 15 is 0 Å². The summed E-state index contributed by atoms with van der Waals surface area (Å²) < 4.78 is 31.2. The molecule has 144 valence electrons. The molecule has 1 amide bonds. The van der Waals surface area contributed by atoms with Gasteiger partial charge in [-0.1, -0.05) is 12.5 Å². The molecule has 7 heteroatoms. The van der Waals surface area contributed by atoms with Crippen LogP contribution in [0.5, 0.6) is 0 Å². The number of likely N-dealkylation sites (tertiary alicyclic amines) is 1. The fourth-order valence-corrected chi connectivity index (χ4v) is 3.43. The van der Waals surface area contributed by atoms with Crippen molar-refractivity contribution in [2.24, 2.45) is 0 Å². The van der Waals surface area contributed by atoms with E-state index in [1.165, 1.54) is 13.2 Å². The van der Waals surface area contributed by atoms with Crippen molar-refractivity contribution in [1.82, 2.24) is 10.2 Å². The van der Waals surface area contributed by atoms with Crippen LogP contribution < -0.4 is 5.32 Å². The number of nitrogens with zero attached hydrogens (tertiary/aromatic N) is 1. The van der Waals surface area contributed by atoms with E-state index in [1.54, 1.807) is 0 Å². The molecule has 26 heavy (non-hydrogen) atoms. The van der Waals surface area contributed by atoms with Crippen molar-refractivity contribution in [2.45, 2.75) is 57.7 Å². The second-order valence-electron chi connectivity index (χ2n) is 6.90. The summed E-state index contributed by atoms with van der Waals surface area (Å²) in [6, 6.07) is 3.05. The highest BCUT2D eigenvalue weighted by atomic mass is 19.2. The van der Waals surface area contributed by atoms with E-state index in [1.807, 2.05) is 0 Å². The van der Waals surface area contributed by atoms with Crippen molar-refractivity contribution in [1.29, 1.82) is 0 Å². The van der Waals surface area contributed by atoms with Crippen LogP contribution in [-0.2, 0) is 20.7 Å². The van der Waals surface area contributed by atoms with Gasteiger partial charge in [-0.25, -0.2) is 13.6 Å².